The molecule has 1 aromatic heterocycles. The molecule has 4 aromatic rings. The van der Waals surface area contributed by atoms with Gasteiger partial charge in [0.25, 0.3) is 0 Å². The number of H-pyrrole nitrogens is 1. The van der Waals surface area contributed by atoms with E-state index in [9.17, 15) is 4.79 Å². The van der Waals surface area contributed by atoms with Crippen molar-refractivity contribution in [3.8, 4) is 0 Å². The number of amides is 1. The molecule has 1 amide bonds. The van der Waals surface area contributed by atoms with Crippen LogP contribution >= 0.6 is 0 Å². The maximum Gasteiger partial charge on any atom is 0.225 e. The Hall–Kier alpha value is -3.33. The molecule has 2 N–H and O–H groups in total. The smallest absolute Gasteiger partial charge is 0.225 e. The number of para-hydroxylation sites is 1. The van der Waals surface area contributed by atoms with Crippen LogP contribution in [0.3, 0.4) is 0 Å². The van der Waals surface area contributed by atoms with Gasteiger partial charge in [-0.3, -0.25) is 4.79 Å². The Morgan fingerprint density at radius 3 is 2.29 bits per heavy atom. The highest BCUT2D eigenvalue weighted by molar-refractivity contribution is 5.90. The highest BCUT2D eigenvalue weighted by Crippen LogP contribution is 2.23. The van der Waals surface area contributed by atoms with Crippen molar-refractivity contribution in [2.45, 2.75) is 25.8 Å². The molecule has 0 aliphatic carbocycles. The number of carbonyl (C=O) groups excluding carboxylic acids is 1. The zero-order valence-corrected chi connectivity index (χ0v) is 16.0. The van der Waals surface area contributed by atoms with Gasteiger partial charge in [-0.05, 0) is 36.1 Å². The Labute approximate surface area is 165 Å². The fourth-order valence-corrected chi connectivity index (χ4v) is 3.76. The third kappa shape index (κ3) is 3.99. The van der Waals surface area contributed by atoms with E-state index < -0.39 is 0 Å². The molecular weight excluding hydrogens is 344 g/mol. The average Bonchev–Trinajstić information content (AvgIpc) is 3.04. The van der Waals surface area contributed by atoms with Gasteiger partial charge in [-0.2, -0.15) is 0 Å². The molecule has 140 valence electrons. The van der Waals surface area contributed by atoms with E-state index in [0.29, 0.717) is 6.42 Å². The number of benzene rings is 3. The minimum absolute atomic E-state index is 0.0395. The Balaban J connectivity index is 1.56. The molecule has 1 heterocycles. The quantitative estimate of drug-likeness (QED) is 0.487. The predicted octanol–water partition coefficient (Wildman–Crippen LogP) is 5.12. The molecule has 0 saturated carbocycles. The lowest BCUT2D eigenvalue weighted by molar-refractivity contribution is -0.121. The average molecular weight is 368 g/mol. The number of carbonyl (C=O) groups is 1. The summed E-state index contributed by atoms with van der Waals surface area (Å²) in [5.41, 5.74) is 5.53. The standard InChI is InChI=1S/C25H24N2O/c1-18-22(21-14-8-9-15-23(21)26-18)17-25(28)27-24(20-12-6-3-7-13-20)16-19-10-4-2-5-11-19/h2-15,24,26H,16-17H2,1H3,(H,27,28). The number of aromatic nitrogens is 1. The van der Waals surface area contributed by atoms with Crippen LogP contribution in [0.2, 0.25) is 0 Å². The van der Waals surface area contributed by atoms with Crippen LogP contribution < -0.4 is 5.32 Å². The van der Waals surface area contributed by atoms with E-state index in [1.807, 2.05) is 61.5 Å². The van der Waals surface area contributed by atoms with Gasteiger partial charge in [0.2, 0.25) is 5.91 Å². The second-order valence-electron chi connectivity index (χ2n) is 7.17. The second kappa shape index (κ2) is 8.13. The van der Waals surface area contributed by atoms with Gasteiger partial charge >= 0.3 is 0 Å². The van der Waals surface area contributed by atoms with E-state index in [0.717, 1.165) is 34.1 Å². The van der Waals surface area contributed by atoms with Crippen LogP contribution in [-0.2, 0) is 17.6 Å². The fourth-order valence-electron chi connectivity index (χ4n) is 3.76. The highest BCUT2D eigenvalue weighted by atomic mass is 16.1. The van der Waals surface area contributed by atoms with Crippen LogP contribution in [0.25, 0.3) is 10.9 Å². The first-order valence-corrected chi connectivity index (χ1v) is 9.65. The van der Waals surface area contributed by atoms with Crippen LogP contribution in [0.4, 0.5) is 0 Å². The summed E-state index contributed by atoms with van der Waals surface area (Å²) in [6.45, 7) is 2.03. The number of aryl methyl sites for hydroxylation is 1. The van der Waals surface area contributed by atoms with E-state index in [1.54, 1.807) is 0 Å². The zero-order chi connectivity index (χ0) is 19.3. The van der Waals surface area contributed by atoms with Gasteiger partial charge in [0, 0.05) is 16.6 Å². The van der Waals surface area contributed by atoms with Crippen molar-refractivity contribution in [1.82, 2.24) is 10.3 Å². The summed E-state index contributed by atoms with van der Waals surface area (Å²) >= 11 is 0. The SMILES string of the molecule is Cc1[nH]c2ccccc2c1CC(=O)NC(Cc1ccccc1)c1ccccc1. The van der Waals surface area contributed by atoms with Gasteiger partial charge in [0.15, 0.2) is 0 Å². The van der Waals surface area contributed by atoms with Crippen molar-refractivity contribution in [3.05, 3.63) is 107 Å². The number of hydrogen-bond donors (Lipinski definition) is 2. The molecule has 28 heavy (non-hydrogen) atoms. The minimum atomic E-state index is -0.0541. The molecule has 1 unspecified atom stereocenters. The third-order valence-corrected chi connectivity index (χ3v) is 5.18. The number of hydrogen-bond acceptors (Lipinski definition) is 1. The summed E-state index contributed by atoms with van der Waals surface area (Å²) in [5, 5.41) is 4.38. The van der Waals surface area contributed by atoms with Gasteiger partial charge in [-0.15, -0.1) is 0 Å². The summed E-state index contributed by atoms with van der Waals surface area (Å²) in [4.78, 5) is 16.3. The van der Waals surface area contributed by atoms with E-state index in [-0.39, 0.29) is 11.9 Å². The molecular formula is C25H24N2O. The summed E-state index contributed by atoms with van der Waals surface area (Å²) in [6.07, 6.45) is 1.14. The van der Waals surface area contributed by atoms with E-state index in [4.69, 9.17) is 0 Å². The lowest BCUT2D eigenvalue weighted by Gasteiger charge is -2.20. The minimum Gasteiger partial charge on any atom is -0.358 e. The first kappa shape index (κ1) is 18.1. The van der Waals surface area contributed by atoms with Crippen molar-refractivity contribution >= 4 is 16.8 Å². The van der Waals surface area contributed by atoms with Gasteiger partial charge < -0.3 is 10.3 Å². The summed E-state index contributed by atoms with van der Waals surface area (Å²) in [5.74, 6) is 0.0395. The summed E-state index contributed by atoms with van der Waals surface area (Å²) < 4.78 is 0. The lowest BCUT2D eigenvalue weighted by atomic mass is 9.98. The van der Waals surface area contributed by atoms with Gasteiger partial charge in [0.1, 0.15) is 0 Å². The number of aromatic amines is 1. The maximum absolute atomic E-state index is 13.0. The van der Waals surface area contributed by atoms with Crippen molar-refractivity contribution in [1.29, 1.82) is 0 Å². The van der Waals surface area contributed by atoms with E-state index in [2.05, 4.69) is 40.6 Å². The molecule has 0 aliphatic rings. The van der Waals surface area contributed by atoms with Crippen LogP contribution in [0.5, 0.6) is 0 Å². The zero-order valence-electron chi connectivity index (χ0n) is 16.0. The molecule has 3 aromatic carbocycles. The monoisotopic (exact) mass is 368 g/mol. The molecule has 3 nitrogen and oxygen atoms in total. The number of rotatable bonds is 6. The molecule has 4 rings (SSSR count). The molecule has 1 atom stereocenters. The summed E-state index contributed by atoms with van der Waals surface area (Å²) in [7, 11) is 0. The van der Waals surface area contributed by atoms with Crippen molar-refractivity contribution < 1.29 is 4.79 Å². The van der Waals surface area contributed by atoms with Gasteiger partial charge in [-0.1, -0.05) is 78.9 Å². The molecule has 0 bridgehead atoms. The second-order valence-corrected chi connectivity index (χ2v) is 7.17. The summed E-state index contributed by atoms with van der Waals surface area (Å²) in [6, 6.07) is 28.6. The lowest BCUT2D eigenvalue weighted by Crippen LogP contribution is -2.31. The number of fused-ring (bicyclic) bond motifs is 1. The topological polar surface area (TPSA) is 44.9 Å². The van der Waals surface area contributed by atoms with Crippen LogP contribution in [0, 0.1) is 6.92 Å². The largest absolute Gasteiger partial charge is 0.358 e. The first-order chi connectivity index (χ1) is 13.7. The van der Waals surface area contributed by atoms with Crippen LogP contribution in [0.15, 0.2) is 84.9 Å². The third-order valence-electron chi connectivity index (χ3n) is 5.18. The fraction of sp³-hybridized carbons (Fsp3) is 0.160. The Morgan fingerprint density at radius 2 is 1.54 bits per heavy atom. The Morgan fingerprint density at radius 1 is 0.893 bits per heavy atom. The van der Waals surface area contributed by atoms with Gasteiger partial charge in [-0.25, -0.2) is 0 Å². The van der Waals surface area contributed by atoms with Crippen LogP contribution in [0.1, 0.15) is 28.4 Å². The molecule has 0 radical (unpaired) electrons. The van der Waals surface area contributed by atoms with Crippen molar-refractivity contribution in [2.24, 2.45) is 0 Å². The first-order valence-electron chi connectivity index (χ1n) is 9.65. The molecule has 0 fully saturated rings. The normalized spacial score (nSPS) is 12.0. The van der Waals surface area contributed by atoms with Gasteiger partial charge in [0.05, 0.1) is 12.5 Å². The highest BCUT2D eigenvalue weighted by Gasteiger charge is 2.18. The molecule has 0 saturated heterocycles. The van der Waals surface area contributed by atoms with E-state index in [1.165, 1.54) is 5.56 Å². The van der Waals surface area contributed by atoms with Crippen molar-refractivity contribution in [3.63, 3.8) is 0 Å². The Kier molecular flexibility index (Phi) is 5.24. The van der Waals surface area contributed by atoms with Crippen molar-refractivity contribution in [2.75, 3.05) is 0 Å². The predicted molar refractivity (Wildman–Crippen MR) is 114 cm³/mol. The van der Waals surface area contributed by atoms with Crippen LogP contribution in [-0.4, -0.2) is 10.9 Å². The maximum atomic E-state index is 13.0. The van der Waals surface area contributed by atoms with E-state index >= 15 is 0 Å². The Bertz CT molecular complexity index is 1070. The molecule has 0 spiro atoms. The molecule has 0 aliphatic heterocycles. The number of nitrogens with one attached hydrogen (secondary N) is 2. The molecule has 3 heteroatoms.